The van der Waals surface area contributed by atoms with Crippen molar-refractivity contribution < 1.29 is 38.5 Å². The fraction of sp³-hybridized carbons (Fsp3) is 0.577. The van der Waals surface area contributed by atoms with Crippen molar-refractivity contribution in [2.24, 2.45) is 10.9 Å². The number of amides is 3. The molecular formula is C26H38N4O8. The second-order valence-corrected chi connectivity index (χ2v) is 10.9. The Labute approximate surface area is 222 Å². The molecule has 1 aliphatic heterocycles. The van der Waals surface area contributed by atoms with Gasteiger partial charge in [0.25, 0.3) is 0 Å². The van der Waals surface area contributed by atoms with E-state index in [0.717, 1.165) is 5.56 Å². The molecule has 0 aliphatic carbocycles. The van der Waals surface area contributed by atoms with Gasteiger partial charge in [0.1, 0.15) is 23.9 Å². The van der Waals surface area contributed by atoms with Crippen LogP contribution in [-0.4, -0.2) is 70.5 Å². The third-order valence-corrected chi connectivity index (χ3v) is 5.27. The van der Waals surface area contributed by atoms with E-state index in [1.54, 1.807) is 58.6 Å². The van der Waals surface area contributed by atoms with E-state index in [-0.39, 0.29) is 25.7 Å². The highest BCUT2D eigenvalue weighted by Gasteiger charge is 2.34. The van der Waals surface area contributed by atoms with Crippen LogP contribution in [0.2, 0.25) is 0 Å². The van der Waals surface area contributed by atoms with Crippen molar-refractivity contribution in [1.82, 2.24) is 15.5 Å². The van der Waals surface area contributed by atoms with Gasteiger partial charge in [-0.15, -0.1) is 4.99 Å². The molecule has 0 unspecified atom stereocenters. The lowest BCUT2D eigenvalue weighted by molar-refractivity contribution is -0.141. The van der Waals surface area contributed by atoms with Crippen LogP contribution in [0, 0.1) is 5.92 Å². The molecule has 3 N–H and O–H groups in total. The number of alkyl carbamates (subject to hydrolysis) is 2. The fourth-order valence-electron chi connectivity index (χ4n) is 3.66. The number of aliphatic imine (C=N–C) groups is 1. The van der Waals surface area contributed by atoms with Crippen LogP contribution >= 0.6 is 0 Å². The summed E-state index contributed by atoms with van der Waals surface area (Å²) in [6.07, 6.45) is -1.86. The minimum atomic E-state index is -1.19. The first-order valence-electron chi connectivity index (χ1n) is 12.4. The number of piperidine rings is 1. The number of aliphatic carboxylic acids is 1. The number of carbonyl (C=O) groups is 4. The number of nitrogens with zero attached hydrogens (tertiary/aromatic N) is 2. The molecule has 0 spiro atoms. The van der Waals surface area contributed by atoms with Gasteiger partial charge in [0.15, 0.2) is 0 Å². The first-order valence-corrected chi connectivity index (χ1v) is 12.4. The Bertz CT molecular complexity index is 1010. The summed E-state index contributed by atoms with van der Waals surface area (Å²) in [4.78, 5) is 54.5. The third kappa shape index (κ3) is 11.1. The zero-order valence-electron chi connectivity index (χ0n) is 22.8. The summed E-state index contributed by atoms with van der Waals surface area (Å²) in [5.74, 6) is -1.67. The predicted octanol–water partition coefficient (Wildman–Crippen LogP) is 3.89. The maximum absolute atomic E-state index is 12.4. The third-order valence-electron chi connectivity index (χ3n) is 5.27. The molecule has 0 saturated carbocycles. The Hall–Kier alpha value is -3.83. The Morgan fingerprint density at radius 1 is 0.974 bits per heavy atom. The van der Waals surface area contributed by atoms with Crippen LogP contribution in [0.3, 0.4) is 0 Å². The zero-order valence-corrected chi connectivity index (χ0v) is 22.8. The first kappa shape index (κ1) is 30.4. The van der Waals surface area contributed by atoms with Crippen molar-refractivity contribution in [3.8, 4) is 0 Å². The lowest BCUT2D eigenvalue weighted by Crippen LogP contribution is -2.53. The van der Waals surface area contributed by atoms with Gasteiger partial charge in [-0.05, 0) is 65.9 Å². The number of carbonyl (C=O) groups excluding carboxylic acids is 3. The van der Waals surface area contributed by atoms with E-state index >= 15 is 0 Å². The molecule has 1 heterocycles. The summed E-state index contributed by atoms with van der Waals surface area (Å²) in [5.41, 5.74) is -0.791. The summed E-state index contributed by atoms with van der Waals surface area (Å²) in [7, 11) is 0. The molecule has 0 radical (unpaired) electrons. The molecule has 0 bridgehead atoms. The number of likely N-dealkylation sites (tertiary alicyclic amines) is 1. The summed E-state index contributed by atoms with van der Waals surface area (Å²) >= 11 is 0. The van der Waals surface area contributed by atoms with Crippen LogP contribution in [0.15, 0.2) is 35.3 Å². The van der Waals surface area contributed by atoms with Gasteiger partial charge in [-0.1, -0.05) is 30.3 Å². The summed E-state index contributed by atoms with van der Waals surface area (Å²) in [6, 6.07) is 7.86. The van der Waals surface area contributed by atoms with Gasteiger partial charge in [-0.25, -0.2) is 19.2 Å². The monoisotopic (exact) mass is 534 g/mol. The number of guanidine groups is 1. The number of nitrogens with one attached hydrogen (secondary N) is 2. The molecule has 12 heteroatoms. The number of rotatable bonds is 5. The summed E-state index contributed by atoms with van der Waals surface area (Å²) in [5, 5.41) is 14.7. The molecule has 210 valence electrons. The van der Waals surface area contributed by atoms with Gasteiger partial charge in [0, 0.05) is 13.1 Å². The van der Waals surface area contributed by atoms with Crippen LogP contribution in [0.5, 0.6) is 0 Å². The van der Waals surface area contributed by atoms with E-state index in [9.17, 15) is 24.3 Å². The minimum absolute atomic E-state index is 0.0122. The van der Waals surface area contributed by atoms with Crippen molar-refractivity contribution in [2.45, 2.75) is 78.2 Å². The zero-order chi connectivity index (χ0) is 28.5. The number of hydrogen-bond acceptors (Lipinski definition) is 7. The Balaban J connectivity index is 2.05. The van der Waals surface area contributed by atoms with Gasteiger partial charge in [-0.2, -0.15) is 0 Å². The van der Waals surface area contributed by atoms with E-state index in [1.165, 1.54) is 0 Å². The Morgan fingerprint density at radius 3 is 2.08 bits per heavy atom. The average Bonchev–Trinajstić information content (AvgIpc) is 2.79. The van der Waals surface area contributed by atoms with Gasteiger partial charge in [0.05, 0.1) is 0 Å². The molecule has 1 aliphatic rings. The van der Waals surface area contributed by atoms with Crippen LogP contribution in [0.4, 0.5) is 14.4 Å². The first-order chi connectivity index (χ1) is 17.6. The van der Waals surface area contributed by atoms with Crippen LogP contribution in [0.25, 0.3) is 0 Å². The molecular weight excluding hydrogens is 496 g/mol. The summed E-state index contributed by atoms with van der Waals surface area (Å²) in [6.45, 7) is 10.7. The quantitative estimate of drug-likeness (QED) is 0.290. The lowest BCUT2D eigenvalue weighted by atomic mass is 9.89. The fourth-order valence-corrected chi connectivity index (χ4v) is 3.66. The topological polar surface area (TPSA) is 156 Å². The predicted molar refractivity (Wildman–Crippen MR) is 139 cm³/mol. The standard InChI is InChI=1S/C26H38N4O8/c1-25(2,3)37-23(34)28-21(29-24(35)38-26(4,5)6)30-14-12-18(13-15-30)19(20(31)32)27-22(33)36-16-17-10-8-7-9-11-17/h7-11,18-19H,12-16H2,1-6H3,(H,27,33)(H,31,32)(H,28,29,34,35)/t19-/m1/s1. The van der Waals surface area contributed by atoms with Gasteiger partial charge in [0.2, 0.25) is 5.96 Å². The minimum Gasteiger partial charge on any atom is -0.480 e. The van der Waals surface area contributed by atoms with Gasteiger partial charge < -0.3 is 29.5 Å². The lowest BCUT2D eigenvalue weighted by Gasteiger charge is -2.36. The highest BCUT2D eigenvalue weighted by Crippen LogP contribution is 2.22. The maximum Gasteiger partial charge on any atom is 0.437 e. The van der Waals surface area contributed by atoms with E-state index in [0.29, 0.717) is 12.8 Å². The van der Waals surface area contributed by atoms with Crippen molar-refractivity contribution in [2.75, 3.05) is 13.1 Å². The van der Waals surface area contributed by atoms with Crippen LogP contribution in [0.1, 0.15) is 59.9 Å². The molecule has 1 atom stereocenters. The number of carboxylic acid groups (broad SMARTS) is 1. The molecule has 38 heavy (non-hydrogen) atoms. The van der Waals surface area contributed by atoms with Crippen molar-refractivity contribution in [3.05, 3.63) is 35.9 Å². The van der Waals surface area contributed by atoms with E-state index in [4.69, 9.17) is 14.2 Å². The smallest absolute Gasteiger partial charge is 0.437 e. The number of benzene rings is 1. The van der Waals surface area contributed by atoms with E-state index < -0.39 is 47.4 Å². The Kier molecular flexibility index (Phi) is 10.5. The number of ether oxygens (including phenoxy) is 3. The normalized spacial score (nSPS) is 15.7. The molecule has 1 aromatic rings. The largest absolute Gasteiger partial charge is 0.480 e. The molecule has 1 saturated heterocycles. The van der Waals surface area contributed by atoms with Crippen molar-refractivity contribution in [1.29, 1.82) is 0 Å². The van der Waals surface area contributed by atoms with Gasteiger partial charge >= 0.3 is 24.2 Å². The highest BCUT2D eigenvalue weighted by molar-refractivity contribution is 5.99. The SMILES string of the molecule is CC(C)(C)OC(=O)N=C(NC(=O)OC(C)(C)C)N1CCC([C@@H](NC(=O)OCc2ccccc2)C(=O)O)CC1. The number of carboxylic acids is 1. The van der Waals surface area contributed by atoms with E-state index in [2.05, 4.69) is 15.6 Å². The number of hydrogen-bond donors (Lipinski definition) is 3. The summed E-state index contributed by atoms with van der Waals surface area (Å²) < 4.78 is 15.7. The Morgan fingerprint density at radius 2 is 1.55 bits per heavy atom. The molecule has 12 nitrogen and oxygen atoms in total. The van der Waals surface area contributed by atoms with Crippen molar-refractivity contribution in [3.63, 3.8) is 0 Å². The second kappa shape index (κ2) is 13.1. The highest BCUT2D eigenvalue weighted by atomic mass is 16.6. The van der Waals surface area contributed by atoms with E-state index in [1.807, 2.05) is 18.2 Å². The molecule has 1 aromatic carbocycles. The maximum atomic E-state index is 12.4. The van der Waals surface area contributed by atoms with Crippen LogP contribution in [-0.2, 0) is 25.6 Å². The van der Waals surface area contributed by atoms with Crippen LogP contribution < -0.4 is 10.6 Å². The molecule has 1 fully saturated rings. The second-order valence-electron chi connectivity index (χ2n) is 10.9. The average molecular weight is 535 g/mol. The molecule has 0 aromatic heterocycles. The van der Waals surface area contributed by atoms with Crippen molar-refractivity contribution >= 4 is 30.2 Å². The molecule has 3 amide bonds. The molecule has 2 rings (SSSR count). The van der Waals surface area contributed by atoms with Gasteiger partial charge in [-0.3, -0.25) is 5.32 Å².